The highest BCUT2D eigenvalue weighted by Gasteiger charge is 2.23. The van der Waals surface area contributed by atoms with E-state index in [0.29, 0.717) is 6.61 Å². The Hall–Kier alpha value is -1.81. The summed E-state index contributed by atoms with van der Waals surface area (Å²) >= 11 is 0. The van der Waals surface area contributed by atoms with Gasteiger partial charge in [0, 0.05) is 11.6 Å². The zero-order valence-electron chi connectivity index (χ0n) is 9.43. The highest BCUT2D eigenvalue weighted by Crippen LogP contribution is 2.20. The number of para-hydroxylation sites is 1. The molecular formula is C13H14O4. The topological polar surface area (TPSA) is 48.1 Å². The molecule has 90 valence electrons. The van der Waals surface area contributed by atoms with Crippen molar-refractivity contribution >= 4 is 5.97 Å². The number of hydrogen-bond acceptors (Lipinski definition) is 4. The maximum absolute atomic E-state index is 11.0. The maximum atomic E-state index is 11.0. The van der Waals surface area contributed by atoms with Gasteiger partial charge in [-0.15, -0.1) is 0 Å². The van der Waals surface area contributed by atoms with Gasteiger partial charge in [0.2, 0.25) is 0 Å². The second-order valence-electron chi connectivity index (χ2n) is 3.69. The Morgan fingerprint density at radius 1 is 1.53 bits per heavy atom. The van der Waals surface area contributed by atoms with E-state index in [4.69, 9.17) is 14.2 Å². The molecule has 1 unspecified atom stereocenters. The SMILES string of the molecule is C=CC(=O)OCc1ccccc1OCC1CO1. The van der Waals surface area contributed by atoms with Crippen LogP contribution in [0.5, 0.6) is 5.75 Å². The number of esters is 1. The van der Waals surface area contributed by atoms with Crippen LogP contribution in [0.1, 0.15) is 5.56 Å². The van der Waals surface area contributed by atoms with Crippen LogP contribution in [0, 0.1) is 0 Å². The van der Waals surface area contributed by atoms with Gasteiger partial charge in [-0.1, -0.05) is 24.8 Å². The van der Waals surface area contributed by atoms with Gasteiger partial charge < -0.3 is 14.2 Å². The smallest absolute Gasteiger partial charge is 0.330 e. The van der Waals surface area contributed by atoms with Gasteiger partial charge >= 0.3 is 5.97 Å². The summed E-state index contributed by atoms with van der Waals surface area (Å²) in [5, 5.41) is 0. The van der Waals surface area contributed by atoms with Crippen LogP contribution in [-0.4, -0.2) is 25.3 Å². The summed E-state index contributed by atoms with van der Waals surface area (Å²) < 4.78 is 15.6. The zero-order valence-corrected chi connectivity index (χ0v) is 9.43. The first-order chi connectivity index (χ1) is 8.29. The molecule has 0 aromatic heterocycles. The molecule has 17 heavy (non-hydrogen) atoms. The second-order valence-corrected chi connectivity index (χ2v) is 3.69. The van der Waals surface area contributed by atoms with Crippen LogP contribution in [0.2, 0.25) is 0 Å². The Morgan fingerprint density at radius 2 is 2.29 bits per heavy atom. The molecule has 0 radical (unpaired) electrons. The quantitative estimate of drug-likeness (QED) is 0.427. The van der Waals surface area contributed by atoms with Gasteiger partial charge in [0.25, 0.3) is 0 Å². The lowest BCUT2D eigenvalue weighted by atomic mass is 10.2. The number of epoxide rings is 1. The van der Waals surface area contributed by atoms with E-state index >= 15 is 0 Å². The van der Waals surface area contributed by atoms with Gasteiger partial charge in [-0.25, -0.2) is 4.79 Å². The van der Waals surface area contributed by atoms with Gasteiger partial charge in [0.05, 0.1) is 6.61 Å². The van der Waals surface area contributed by atoms with Crippen molar-refractivity contribution in [2.75, 3.05) is 13.2 Å². The number of rotatable bonds is 6. The third-order valence-electron chi connectivity index (χ3n) is 2.34. The van der Waals surface area contributed by atoms with Crippen LogP contribution in [0.4, 0.5) is 0 Å². The molecule has 4 heteroatoms. The van der Waals surface area contributed by atoms with Gasteiger partial charge in [0.1, 0.15) is 25.1 Å². The number of carbonyl (C=O) groups is 1. The second kappa shape index (κ2) is 5.50. The molecule has 2 rings (SSSR count). The van der Waals surface area contributed by atoms with Crippen LogP contribution in [-0.2, 0) is 20.9 Å². The maximum Gasteiger partial charge on any atom is 0.330 e. The summed E-state index contributed by atoms with van der Waals surface area (Å²) in [6.45, 7) is 4.82. The fourth-order valence-corrected chi connectivity index (χ4v) is 1.32. The lowest BCUT2D eigenvalue weighted by Crippen LogP contribution is -2.07. The molecule has 1 aromatic rings. The summed E-state index contributed by atoms with van der Waals surface area (Å²) in [5.74, 6) is 0.283. The molecule has 1 saturated heterocycles. The Bertz CT molecular complexity index is 410. The Balaban J connectivity index is 1.93. The minimum atomic E-state index is -0.440. The first kappa shape index (κ1) is 11.7. The Labute approximate surface area is 99.8 Å². The predicted octanol–water partition coefficient (Wildman–Crippen LogP) is 1.69. The van der Waals surface area contributed by atoms with Crippen LogP contribution < -0.4 is 4.74 Å². The van der Waals surface area contributed by atoms with Crippen molar-refractivity contribution in [3.63, 3.8) is 0 Å². The number of ether oxygens (including phenoxy) is 3. The summed E-state index contributed by atoms with van der Waals surface area (Å²) in [5.41, 5.74) is 0.836. The molecule has 1 fully saturated rings. The van der Waals surface area contributed by atoms with E-state index in [1.54, 1.807) is 0 Å². The van der Waals surface area contributed by atoms with E-state index in [0.717, 1.165) is 24.0 Å². The Kier molecular flexibility index (Phi) is 3.77. The third-order valence-corrected chi connectivity index (χ3v) is 2.34. The molecule has 0 saturated carbocycles. The first-order valence-corrected chi connectivity index (χ1v) is 5.41. The average Bonchev–Trinajstić information content (AvgIpc) is 3.18. The van der Waals surface area contributed by atoms with E-state index in [-0.39, 0.29) is 12.7 Å². The van der Waals surface area contributed by atoms with Crippen molar-refractivity contribution in [3.05, 3.63) is 42.5 Å². The van der Waals surface area contributed by atoms with E-state index in [9.17, 15) is 4.79 Å². The minimum Gasteiger partial charge on any atom is -0.490 e. The summed E-state index contributed by atoms with van der Waals surface area (Å²) in [6, 6.07) is 7.46. The standard InChI is InChI=1S/C13H14O4/c1-2-13(14)17-7-10-5-3-4-6-12(10)16-9-11-8-15-11/h2-6,11H,1,7-9H2. The molecule has 1 aliphatic rings. The largest absolute Gasteiger partial charge is 0.490 e. The lowest BCUT2D eigenvalue weighted by molar-refractivity contribution is -0.139. The average molecular weight is 234 g/mol. The monoisotopic (exact) mass is 234 g/mol. The minimum absolute atomic E-state index is 0.187. The van der Waals surface area contributed by atoms with Crippen LogP contribution in [0.3, 0.4) is 0 Å². The number of carbonyl (C=O) groups excluding carboxylic acids is 1. The van der Waals surface area contributed by atoms with Crippen molar-refractivity contribution in [3.8, 4) is 5.75 Å². The van der Waals surface area contributed by atoms with Crippen molar-refractivity contribution in [2.45, 2.75) is 12.7 Å². The van der Waals surface area contributed by atoms with Crippen LogP contribution in [0.25, 0.3) is 0 Å². The van der Waals surface area contributed by atoms with Gasteiger partial charge in [-0.2, -0.15) is 0 Å². The number of benzene rings is 1. The van der Waals surface area contributed by atoms with Crippen LogP contribution >= 0.6 is 0 Å². The number of hydrogen-bond donors (Lipinski definition) is 0. The predicted molar refractivity (Wildman–Crippen MR) is 61.7 cm³/mol. The van der Waals surface area contributed by atoms with E-state index in [2.05, 4.69) is 6.58 Å². The van der Waals surface area contributed by atoms with E-state index in [1.807, 2.05) is 24.3 Å². The molecule has 1 heterocycles. The van der Waals surface area contributed by atoms with Crippen molar-refractivity contribution in [2.24, 2.45) is 0 Å². The summed E-state index contributed by atoms with van der Waals surface area (Å²) in [7, 11) is 0. The molecule has 0 amide bonds. The molecule has 0 bridgehead atoms. The zero-order chi connectivity index (χ0) is 12.1. The third kappa shape index (κ3) is 3.60. The molecule has 1 atom stereocenters. The fraction of sp³-hybridized carbons (Fsp3) is 0.308. The van der Waals surface area contributed by atoms with Crippen molar-refractivity contribution in [1.29, 1.82) is 0 Å². The molecule has 0 spiro atoms. The molecule has 1 aliphatic heterocycles. The molecular weight excluding hydrogens is 220 g/mol. The van der Waals surface area contributed by atoms with Gasteiger partial charge in [0.15, 0.2) is 0 Å². The Morgan fingerprint density at radius 3 is 3.00 bits per heavy atom. The van der Waals surface area contributed by atoms with E-state index in [1.165, 1.54) is 0 Å². The van der Waals surface area contributed by atoms with Gasteiger partial charge in [-0.3, -0.25) is 0 Å². The summed E-state index contributed by atoms with van der Waals surface area (Å²) in [4.78, 5) is 11.0. The van der Waals surface area contributed by atoms with E-state index < -0.39 is 5.97 Å². The van der Waals surface area contributed by atoms with Crippen molar-refractivity contribution in [1.82, 2.24) is 0 Å². The highest BCUT2D eigenvalue weighted by molar-refractivity contribution is 5.81. The fourth-order valence-electron chi connectivity index (χ4n) is 1.32. The molecule has 4 nitrogen and oxygen atoms in total. The lowest BCUT2D eigenvalue weighted by Gasteiger charge is -2.10. The molecule has 0 aliphatic carbocycles. The van der Waals surface area contributed by atoms with Crippen LogP contribution in [0.15, 0.2) is 36.9 Å². The van der Waals surface area contributed by atoms with Crippen molar-refractivity contribution < 1.29 is 19.0 Å². The normalized spacial score (nSPS) is 17.3. The van der Waals surface area contributed by atoms with Gasteiger partial charge in [-0.05, 0) is 6.07 Å². The molecule has 0 N–H and O–H groups in total. The first-order valence-electron chi connectivity index (χ1n) is 5.41. The molecule has 1 aromatic carbocycles. The summed E-state index contributed by atoms with van der Waals surface area (Å²) in [6.07, 6.45) is 1.35. The highest BCUT2D eigenvalue weighted by atomic mass is 16.6.